The summed E-state index contributed by atoms with van der Waals surface area (Å²) in [6, 6.07) is 5.02. The molecule has 0 aliphatic rings. The Labute approximate surface area is 125 Å². The summed E-state index contributed by atoms with van der Waals surface area (Å²) >= 11 is 15.0. The predicted octanol–water partition coefficient (Wildman–Crippen LogP) is 3.48. The molecular formula is C12H14BrCl2NO2. The van der Waals surface area contributed by atoms with Crippen molar-refractivity contribution < 1.29 is 9.53 Å². The van der Waals surface area contributed by atoms with Crippen LogP contribution in [0.4, 0.5) is 0 Å². The third-order valence-corrected chi connectivity index (χ3v) is 3.37. The van der Waals surface area contributed by atoms with E-state index in [0.29, 0.717) is 29.5 Å². The molecule has 1 N–H and O–H groups in total. The molecule has 1 aromatic rings. The molecule has 0 heterocycles. The van der Waals surface area contributed by atoms with Crippen molar-refractivity contribution in [3.05, 3.63) is 33.3 Å². The van der Waals surface area contributed by atoms with Crippen molar-refractivity contribution in [1.29, 1.82) is 0 Å². The van der Waals surface area contributed by atoms with E-state index in [0.717, 1.165) is 4.47 Å². The average molecular weight is 355 g/mol. The molecule has 0 bridgehead atoms. The molecule has 0 radical (unpaired) electrons. The average Bonchev–Trinajstić information content (AvgIpc) is 2.33. The maximum atomic E-state index is 12.1. The number of carbonyl (C=O) groups is 1. The first kappa shape index (κ1) is 15.8. The summed E-state index contributed by atoms with van der Waals surface area (Å²) in [7, 11) is 1.58. The Morgan fingerprint density at radius 1 is 1.56 bits per heavy atom. The van der Waals surface area contributed by atoms with Gasteiger partial charge in [-0.25, -0.2) is 0 Å². The number of carbonyl (C=O) groups excluding carboxylic acids is 1. The van der Waals surface area contributed by atoms with E-state index in [1.807, 2.05) is 0 Å². The van der Waals surface area contributed by atoms with Gasteiger partial charge in [-0.2, -0.15) is 0 Å². The first-order valence-corrected chi connectivity index (χ1v) is 7.09. The number of rotatable bonds is 6. The smallest absolute Gasteiger partial charge is 0.253 e. The Morgan fingerprint density at radius 3 is 2.89 bits per heavy atom. The van der Waals surface area contributed by atoms with Crippen LogP contribution in [0.15, 0.2) is 22.7 Å². The van der Waals surface area contributed by atoms with Crippen molar-refractivity contribution in [3.8, 4) is 0 Å². The van der Waals surface area contributed by atoms with Gasteiger partial charge in [0.15, 0.2) is 0 Å². The van der Waals surface area contributed by atoms with Crippen LogP contribution >= 0.6 is 39.1 Å². The third kappa shape index (κ3) is 4.76. The lowest BCUT2D eigenvalue weighted by Crippen LogP contribution is -2.38. The number of ether oxygens (including phenoxy) is 1. The normalized spacial score (nSPS) is 12.2. The van der Waals surface area contributed by atoms with Gasteiger partial charge in [0, 0.05) is 17.5 Å². The molecule has 1 unspecified atom stereocenters. The first-order chi connectivity index (χ1) is 8.58. The molecule has 0 fully saturated rings. The second-order valence-corrected chi connectivity index (χ2v) is 5.43. The lowest BCUT2D eigenvalue weighted by Gasteiger charge is -2.17. The third-order valence-electron chi connectivity index (χ3n) is 2.33. The predicted molar refractivity (Wildman–Crippen MR) is 77.6 cm³/mol. The lowest BCUT2D eigenvalue weighted by molar-refractivity contribution is 0.0895. The highest BCUT2D eigenvalue weighted by Crippen LogP contribution is 2.21. The number of hydrogen-bond acceptors (Lipinski definition) is 2. The van der Waals surface area contributed by atoms with Crippen molar-refractivity contribution in [3.63, 3.8) is 0 Å². The number of nitrogens with one attached hydrogen (secondary N) is 1. The molecule has 1 aromatic carbocycles. The minimum absolute atomic E-state index is 0.116. The Balaban J connectivity index is 2.76. The summed E-state index contributed by atoms with van der Waals surface area (Å²) in [4.78, 5) is 12.1. The van der Waals surface area contributed by atoms with Crippen LogP contribution in [0.1, 0.15) is 16.8 Å². The largest absolute Gasteiger partial charge is 0.383 e. The molecule has 18 heavy (non-hydrogen) atoms. The Morgan fingerprint density at radius 2 is 2.28 bits per heavy atom. The summed E-state index contributed by atoms with van der Waals surface area (Å²) < 4.78 is 5.84. The number of hydrogen-bond donors (Lipinski definition) is 1. The van der Waals surface area contributed by atoms with E-state index < -0.39 is 0 Å². The second kappa shape index (κ2) is 8.00. The monoisotopic (exact) mass is 353 g/mol. The van der Waals surface area contributed by atoms with E-state index in [1.54, 1.807) is 25.3 Å². The fraction of sp³-hybridized carbons (Fsp3) is 0.417. The zero-order chi connectivity index (χ0) is 13.5. The van der Waals surface area contributed by atoms with E-state index in [9.17, 15) is 4.79 Å². The quantitative estimate of drug-likeness (QED) is 0.794. The topological polar surface area (TPSA) is 38.3 Å². The molecule has 1 amide bonds. The van der Waals surface area contributed by atoms with E-state index in [-0.39, 0.29) is 11.9 Å². The summed E-state index contributed by atoms with van der Waals surface area (Å²) in [5.41, 5.74) is 0.432. The summed E-state index contributed by atoms with van der Waals surface area (Å²) in [5.74, 6) is 0.231. The molecule has 1 rings (SSSR count). The van der Waals surface area contributed by atoms with Gasteiger partial charge in [-0.3, -0.25) is 4.79 Å². The molecule has 3 nitrogen and oxygen atoms in total. The van der Waals surface area contributed by atoms with Gasteiger partial charge < -0.3 is 10.1 Å². The molecule has 6 heteroatoms. The Kier molecular flexibility index (Phi) is 7.00. The van der Waals surface area contributed by atoms with Gasteiger partial charge in [-0.1, -0.05) is 27.5 Å². The molecule has 0 aliphatic heterocycles. The highest BCUT2D eigenvalue weighted by molar-refractivity contribution is 9.10. The van der Waals surface area contributed by atoms with Gasteiger partial charge in [-0.15, -0.1) is 11.6 Å². The summed E-state index contributed by atoms with van der Waals surface area (Å²) in [6.45, 7) is 0.421. The molecule has 0 aliphatic carbocycles. The maximum Gasteiger partial charge on any atom is 0.253 e. The van der Waals surface area contributed by atoms with Crippen LogP contribution in [-0.2, 0) is 4.74 Å². The van der Waals surface area contributed by atoms with E-state index in [2.05, 4.69) is 21.2 Å². The zero-order valence-corrected chi connectivity index (χ0v) is 13.0. The van der Waals surface area contributed by atoms with Crippen LogP contribution in [-0.4, -0.2) is 31.5 Å². The van der Waals surface area contributed by atoms with Gasteiger partial charge in [-0.05, 0) is 24.6 Å². The molecule has 0 spiro atoms. The van der Waals surface area contributed by atoms with Gasteiger partial charge in [0.2, 0.25) is 0 Å². The second-order valence-electron chi connectivity index (χ2n) is 3.73. The van der Waals surface area contributed by atoms with Gasteiger partial charge in [0.05, 0.1) is 23.2 Å². The highest BCUT2D eigenvalue weighted by Gasteiger charge is 2.15. The number of alkyl halides is 1. The van der Waals surface area contributed by atoms with E-state index in [1.165, 1.54) is 0 Å². The number of halogens is 3. The van der Waals surface area contributed by atoms with Crippen LogP contribution < -0.4 is 5.32 Å². The first-order valence-electron chi connectivity index (χ1n) is 5.39. The highest BCUT2D eigenvalue weighted by atomic mass is 79.9. The maximum absolute atomic E-state index is 12.1. The zero-order valence-electron chi connectivity index (χ0n) is 9.88. The number of benzene rings is 1. The van der Waals surface area contributed by atoms with Crippen molar-refractivity contribution in [2.24, 2.45) is 0 Å². The van der Waals surface area contributed by atoms with Crippen molar-refractivity contribution in [1.82, 2.24) is 5.32 Å². The number of methoxy groups -OCH3 is 1. The minimum Gasteiger partial charge on any atom is -0.383 e. The Bertz CT molecular complexity index is 409. The van der Waals surface area contributed by atoms with Crippen LogP contribution in [0.5, 0.6) is 0 Å². The molecule has 1 atom stereocenters. The van der Waals surface area contributed by atoms with E-state index >= 15 is 0 Å². The van der Waals surface area contributed by atoms with Gasteiger partial charge in [0.25, 0.3) is 5.91 Å². The Hall–Kier alpha value is -0.290. The lowest BCUT2D eigenvalue weighted by atomic mass is 10.1. The van der Waals surface area contributed by atoms with Crippen LogP contribution in [0.2, 0.25) is 5.02 Å². The molecule has 0 aromatic heterocycles. The standard InChI is InChI=1S/C12H14BrCl2NO2/c1-18-7-9(4-5-14)16-12(17)10-6-8(13)2-3-11(10)15/h2-3,6,9H,4-5,7H2,1H3,(H,16,17). The molecule has 0 saturated carbocycles. The summed E-state index contributed by atoms with van der Waals surface area (Å²) in [6.07, 6.45) is 0.646. The molecule has 0 saturated heterocycles. The van der Waals surface area contributed by atoms with Crippen molar-refractivity contribution in [2.45, 2.75) is 12.5 Å². The van der Waals surface area contributed by atoms with Crippen molar-refractivity contribution >= 4 is 45.0 Å². The SMILES string of the molecule is COCC(CCCl)NC(=O)c1cc(Br)ccc1Cl. The van der Waals surface area contributed by atoms with Crippen LogP contribution in [0.3, 0.4) is 0 Å². The van der Waals surface area contributed by atoms with Crippen LogP contribution in [0.25, 0.3) is 0 Å². The summed E-state index contributed by atoms with van der Waals surface area (Å²) in [5, 5.41) is 3.26. The van der Waals surface area contributed by atoms with Crippen molar-refractivity contribution in [2.75, 3.05) is 19.6 Å². The fourth-order valence-corrected chi connectivity index (χ4v) is 2.29. The molecular weight excluding hydrogens is 341 g/mol. The molecule has 100 valence electrons. The number of amides is 1. The van der Waals surface area contributed by atoms with E-state index in [4.69, 9.17) is 27.9 Å². The van der Waals surface area contributed by atoms with Gasteiger partial charge >= 0.3 is 0 Å². The fourth-order valence-electron chi connectivity index (χ4n) is 1.46. The minimum atomic E-state index is -0.228. The van der Waals surface area contributed by atoms with Crippen LogP contribution in [0, 0.1) is 0 Å². The van der Waals surface area contributed by atoms with Gasteiger partial charge in [0.1, 0.15) is 0 Å².